The van der Waals surface area contributed by atoms with Crippen LogP contribution in [0.3, 0.4) is 0 Å². The molecule has 0 saturated heterocycles. The fourth-order valence-electron chi connectivity index (χ4n) is 1.36. The van der Waals surface area contributed by atoms with E-state index in [1.165, 1.54) is 7.11 Å². The van der Waals surface area contributed by atoms with Crippen LogP contribution in [0, 0.1) is 11.8 Å². The molecule has 0 amide bonds. The first-order chi connectivity index (χ1) is 7.02. The Morgan fingerprint density at radius 2 is 1.93 bits per heavy atom. The van der Waals surface area contributed by atoms with Crippen molar-refractivity contribution in [3.8, 4) is 0 Å². The molecule has 0 saturated carbocycles. The molecule has 0 bridgehead atoms. The maximum atomic E-state index is 11.8. The van der Waals surface area contributed by atoms with Crippen molar-refractivity contribution >= 4 is 23.5 Å². The van der Waals surface area contributed by atoms with E-state index < -0.39 is 0 Å². The molecule has 1 atom stereocenters. The van der Waals surface area contributed by atoms with Crippen molar-refractivity contribution in [2.75, 3.05) is 19.1 Å². The number of hydrogen-bond acceptors (Lipinski definition) is 4. The van der Waals surface area contributed by atoms with Crippen LogP contribution in [-0.2, 0) is 14.3 Å². The number of methoxy groups -OCH3 is 1. The van der Waals surface area contributed by atoms with Crippen molar-refractivity contribution < 1.29 is 14.3 Å². The molecule has 0 fully saturated rings. The van der Waals surface area contributed by atoms with E-state index in [0.717, 1.165) is 12.2 Å². The molecule has 88 valence electrons. The summed E-state index contributed by atoms with van der Waals surface area (Å²) >= 11 is 1.69. The van der Waals surface area contributed by atoms with E-state index in [1.807, 2.05) is 20.1 Å². The van der Waals surface area contributed by atoms with Crippen molar-refractivity contribution in [3.05, 3.63) is 0 Å². The third-order valence-electron chi connectivity index (χ3n) is 2.28. The zero-order valence-electron chi connectivity index (χ0n) is 9.91. The molecule has 0 rings (SSSR count). The molecular formula is C11H20O3S. The van der Waals surface area contributed by atoms with Gasteiger partial charge in [0, 0.05) is 11.8 Å². The largest absolute Gasteiger partial charge is 0.469 e. The second-order valence-electron chi connectivity index (χ2n) is 3.82. The molecule has 4 heteroatoms. The van der Waals surface area contributed by atoms with Crippen LogP contribution in [-0.4, -0.2) is 30.9 Å². The number of thioether (sulfide) groups is 1. The molecule has 15 heavy (non-hydrogen) atoms. The zero-order chi connectivity index (χ0) is 11.8. The third kappa shape index (κ3) is 5.82. The lowest BCUT2D eigenvalue weighted by Crippen LogP contribution is -2.24. The minimum atomic E-state index is -0.296. The highest BCUT2D eigenvalue weighted by atomic mass is 32.2. The fourth-order valence-corrected chi connectivity index (χ4v) is 1.88. The molecule has 0 spiro atoms. The minimum Gasteiger partial charge on any atom is -0.469 e. The first-order valence-corrected chi connectivity index (χ1v) is 6.51. The van der Waals surface area contributed by atoms with Crippen molar-refractivity contribution in [3.63, 3.8) is 0 Å². The van der Waals surface area contributed by atoms with Crippen molar-refractivity contribution in [2.45, 2.75) is 26.7 Å². The lowest BCUT2D eigenvalue weighted by Gasteiger charge is -2.16. The maximum Gasteiger partial charge on any atom is 0.306 e. The van der Waals surface area contributed by atoms with Crippen LogP contribution in [0.2, 0.25) is 0 Å². The average molecular weight is 232 g/mol. The smallest absolute Gasteiger partial charge is 0.306 e. The Balaban J connectivity index is 4.29. The molecule has 0 aromatic heterocycles. The molecule has 0 unspecified atom stereocenters. The summed E-state index contributed by atoms with van der Waals surface area (Å²) in [5, 5.41) is 0. The number of ketones is 1. The molecule has 0 heterocycles. The highest BCUT2D eigenvalue weighted by molar-refractivity contribution is 7.98. The molecule has 0 aliphatic rings. The van der Waals surface area contributed by atoms with Gasteiger partial charge in [0.15, 0.2) is 0 Å². The van der Waals surface area contributed by atoms with Crippen LogP contribution >= 0.6 is 11.8 Å². The van der Waals surface area contributed by atoms with Crippen LogP contribution in [0.15, 0.2) is 0 Å². The fraction of sp³-hybridized carbons (Fsp3) is 0.818. The van der Waals surface area contributed by atoms with Gasteiger partial charge in [-0.2, -0.15) is 11.8 Å². The average Bonchev–Trinajstić information content (AvgIpc) is 2.22. The van der Waals surface area contributed by atoms with E-state index >= 15 is 0 Å². The van der Waals surface area contributed by atoms with Gasteiger partial charge in [0.1, 0.15) is 5.78 Å². The number of rotatable bonds is 7. The summed E-state index contributed by atoms with van der Waals surface area (Å²) < 4.78 is 4.59. The lowest BCUT2D eigenvalue weighted by atomic mass is 9.90. The Morgan fingerprint density at radius 1 is 1.33 bits per heavy atom. The summed E-state index contributed by atoms with van der Waals surface area (Å²) in [5.41, 5.74) is 0. The quantitative estimate of drug-likeness (QED) is 0.631. The molecular weight excluding hydrogens is 212 g/mol. The molecule has 0 aliphatic carbocycles. The van der Waals surface area contributed by atoms with Crippen molar-refractivity contribution in [1.29, 1.82) is 0 Å². The summed E-state index contributed by atoms with van der Waals surface area (Å²) in [4.78, 5) is 22.9. The molecule has 3 nitrogen and oxygen atoms in total. The van der Waals surface area contributed by atoms with E-state index in [4.69, 9.17) is 0 Å². The van der Waals surface area contributed by atoms with E-state index in [1.54, 1.807) is 11.8 Å². The van der Waals surface area contributed by atoms with Crippen LogP contribution in [0.5, 0.6) is 0 Å². The van der Waals surface area contributed by atoms with Crippen molar-refractivity contribution in [2.24, 2.45) is 11.8 Å². The summed E-state index contributed by atoms with van der Waals surface area (Å²) in [5.74, 6) is 0.580. The molecule has 0 N–H and O–H groups in total. The number of hydrogen-bond donors (Lipinski definition) is 0. The summed E-state index contributed by atoms with van der Waals surface area (Å²) in [7, 11) is 1.35. The maximum absolute atomic E-state index is 11.8. The van der Waals surface area contributed by atoms with Gasteiger partial charge in [-0.25, -0.2) is 0 Å². The Hall–Kier alpha value is -0.510. The second-order valence-corrected chi connectivity index (χ2v) is 4.80. The summed E-state index contributed by atoms with van der Waals surface area (Å²) in [6.07, 6.45) is 2.97. The van der Waals surface area contributed by atoms with Gasteiger partial charge in [0.05, 0.1) is 13.5 Å². The molecule has 0 aromatic rings. The Kier molecular flexibility index (Phi) is 7.48. The second kappa shape index (κ2) is 7.74. The first kappa shape index (κ1) is 14.5. The number of ether oxygens (including phenoxy) is 1. The van der Waals surface area contributed by atoms with Crippen LogP contribution in [0.25, 0.3) is 0 Å². The summed E-state index contributed by atoms with van der Waals surface area (Å²) in [6.45, 7) is 3.73. The van der Waals surface area contributed by atoms with Gasteiger partial charge in [0.25, 0.3) is 0 Å². The Bertz CT molecular complexity index is 214. The lowest BCUT2D eigenvalue weighted by molar-refractivity contribution is -0.144. The highest BCUT2D eigenvalue weighted by Crippen LogP contribution is 2.18. The Labute approximate surface area is 95.9 Å². The normalized spacial score (nSPS) is 12.6. The predicted molar refractivity (Wildman–Crippen MR) is 63.0 cm³/mol. The number of carbonyl (C=O) groups is 2. The number of esters is 1. The zero-order valence-corrected chi connectivity index (χ0v) is 10.7. The standard InChI is InChI=1S/C11H20O3S/c1-8(2)11(13)9(5-6-15-4)7-10(12)14-3/h8-9H,5-7H2,1-4H3/t9-/m0/s1. The van der Waals surface area contributed by atoms with E-state index in [2.05, 4.69) is 4.74 Å². The molecule has 0 radical (unpaired) electrons. The number of Topliss-reactive ketones (excluding diaryl/α,β-unsaturated/α-hetero) is 1. The van der Waals surface area contributed by atoms with Gasteiger partial charge in [-0.15, -0.1) is 0 Å². The van der Waals surface area contributed by atoms with Crippen LogP contribution < -0.4 is 0 Å². The first-order valence-electron chi connectivity index (χ1n) is 5.12. The number of carbonyl (C=O) groups excluding carboxylic acids is 2. The molecule has 0 aliphatic heterocycles. The van der Waals surface area contributed by atoms with Crippen LogP contribution in [0.4, 0.5) is 0 Å². The van der Waals surface area contributed by atoms with Crippen LogP contribution in [0.1, 0.15) is 26.7 Å². The van der Waals surface area contributed by atoms with Gasteiger partial charge in [-0.1, -0.05) is 13.8 Å². The third-order valence-corrected chi connectivity index (χ3v) is 2.93. The molecule has 0 aromatic carbocycles. The van der Waals surface area contributed by atoms with E-state index in [0.29, 0.717) is 0 Å². The predicted octanol–water partition coefficient (Wildman–Crippen LogP) is 2.14. The minimum absolute atomic E-state index is 0.0125. The summed E-state index contributed by atoms with van der Waals surface area (Å²) in [6, 6.07) is 0. The van der Waals surface area contributed by atoms with Gasteiger partial charge in [-0.3, -0.25) is 9.59 Å². The van der Waals surface area contributed by atoms with Gasteiger partial charge in [0.2, 0.25) is 0 Å². The van der Waals surface area contributed by atoms with Gasteiger partial charge < -0.3 is 4.74 Å². The topological polar surface area (TPSA) is 43.4 Å². The van der Waals surface area contributed by atoms with Crippen molar-refractivity contribution in [1.82, 2.24) is 0 Å². The Morgan fingerprint density at radius 3 is 2.33 bits per heavy atom. The highest BCUT2D eigenvalue weighted by Gasteiger charge is 2.23. The van der Waals surface area contributed by atoms with E-state index in [9.17, 15) is 9.59 Å². The van der Waals surface area contributed by atoms with Gasteiger partial charge >= 0.3 is 5.97 Å². The van der Waals surface area contributed by atoms with E-state index in [-0.39, 0.29) is 30.0 Å². The monoisotopic (exact) mass is 232 g/mol. The van der Waals surface area contributed by atoms with Gasteiger partial charge in [-0.05, 0) is 18.4 Å². The SMILES string of the molecule is COC(=O)C[C@H](CCSC)C(=O)C(C)C.